The van der Waals surface area contributed by atoms with Crippen molar-refractivity contribution in [2.24, 2.45) is 0 Å². The molecule has 0 aliphatic rings. The van der Waals surface area contributed by atoms with E-state index in [1.54, 1.807) is 37.5 Å². The number of ether oxygens (including phenoxy) is 2. The minimum atomic E-state index is -0.367. The summed E-state index contributed by atoms with van der Waals surface area (Å²) in [7, 11) is 1.61. The predicted octanol–water partition coefficient (Wildman–Crippen LogP) is 4.55. The number of allylic oxidation sites excluding steroid dienone is 1. The molecule has 0 saturated carbocycles. The number of nitrogens with zero attached hydrogens (tertiary/aromatic N) is 3. The second-order valence-corrected chi connectivity index (χ2v) is 8.09. The van der Waals surface area contributed by atoms with E-state index in [0.717, 1.165) is 5.75 Å². The van der Waals surface area contributed by atoms with Crippen molar-refractivity contribution in [3.8, 4) is 11.5 Å². The van der Waals surface area contributed by atoms with Crippen LogP contribution in [0.4, 0.5) is 5.69 Å². The first-order valence-corrected chi connectivity index (χ1v) is 11.3. The highest BCUT2D eigenvalue weighted by molar-refractivity contribution is 7.99. The summed E-state index contributed by atoms with van der Waals surface area (Å²) in [5, 5.41) is 11.9. The number of amides is 1. The minimum Gasteiger partial charge on any atom is -0.497 e. The molecule has 0 aliphatic heterocycles. The molecule has 1 aromatic heterocycles. The van der Waals surface area contributed by atoms with Crippen molar-refractivity contribution in [2.75, 3.05) is 18.2 Å². The van der Waals surface area contributed by atoms with Gasteiger partial charge in [-0.2, -0.15) is 0 Å². The smallest absolute Gasteiger partial charge is 0.234 e. The molecular formula is C24H26N4O4S. The van der Waals surface area contributed by atoms with Crippen LogP contribution in [0.15, 0.2) is 66.3 Å². The van der Waals surface area contributed by atoms with Gasteiger partial charge in [-0.25, -0.2) is 0 Å². The van der Waals surface area contributed by atoms with E-state index in [1.165, 1.54) is 18.7 Å². The molecule has 1 heterocycles. The summed E-state index contributed by atoms with van der Waals surface area (Å²) in [5.74, 6) is 2.00. The van der Waals surface area contributed by atoms with Gasteiger partial charge in [0, 0.05) is 17.8 Å². The van der Waals surface area contributed by atoms with Gasteiger partial charge in [0.2, 0.25) is 5.91 Å². The molecule has 0 fully saturated rings. The molecule has 0 aliphatic carbocycles. The number of rotatable bonds is 11. The number of ketones is 1. The highest BCUT2D eigenvalue weighted by Crippen LogP contribution is 2.26. The van der Waals surface area contributed by atoms with Crippen LogP contribution < -0.4 is 14.8 Å². The lowest BCUT2D eigenvalue weighted by atomic mass is 10.1. The molecule has 1 atom stereocenters. The van der Waals surface area contributed by atoms with Gasteiger partial charge in [0.25, 0.3) is 0 Å². The summed E-state index contributed by atoms with van der Waals surface area (Å²) in [6.45, 7) is 7.68. The number of carbonyl (C=O) groups excluding carboxylic acids is 2. The van der Waals surface area contributed by atoms with Gasteiger partial charge in [-0.05, 0) is 62.4 Å². The molecule has 2 aromatic carbocycles. The van der Waals surface area contributed by atoms with Crippen LogP contribution in [-0.4, -0.2) is 39.3 Å². The molecule has 0 radical (unpaired) electrons. The van der Waals surface area contributed by atoms with E-state index < -0.39 is 0 Å². The van der Waals surface area contributed by atoms with Crippen molar-refractivity contribution in [1.29, 1.82) is 0 Å². The minimum absolute atomic E-state index is 0.0222. The highest BCUT2D eigenvalue weighted by atomic mass is 32.2. The third-order valence-electron chi connectivity index (χ3n) is 4.70. The average molecular weight is 467 g/mol. The van der Waals surface area contributed by atoms with E-state index >= 15 is 0 Å². The Morgan fingerprint density at radius 2 is 1.79 bits per heavy atom. The molecule has 3 rings (SSSR count). The normalized spacial score (nSPS) is 11.5. The maximum atomic E-state index is 12.4. The second kappa shape index (κ2) is 11.3. The first-order valence-electron chi connectivity index (χ1n) is 10.3. The lowest BCUT2D eigenvalue weighted by molar-refractivity contribution is -0.113. The van der Waals surface area contributed by atoms with Crippen molar-refractivity contribution in [1.82, 2.24) is 14.8 Å². The van der Waals surface area contributed by atoms with Crippen LogP contribution in [0.1, 0.15) is 36.1 Å². The van der Waals surface area contributed by atoms with Crippen LogP contribution >= 0.6 is 11.8 Å². The molecule has 1 amide bonds. The number of nitrogens with one attached hydrogen (secondary N) is 1. The molecule has 0 saturated heterocycles. The number of hydrogen-bond acceptors (Lipinski definition) is 7. The topological polar surface area (TPSA) is 95.3 Å². The maximum Gasteiger partial charge on any atom is 0.234 e. The monoisotopic (exact) mass is 466 g/mol. The van der Waals surface area contributed by atoms with E-state index in [9.17, 15) is 9.59 Å². The lowest BCUT2D eigenvalue weighted by Crippen LogP contribution is -2.15. The molecule has 9 heteroatoms. The number of methoxy groups -OCH3 is 1. The van der Waals surface area contributed by atoms with Crippen LogP contribution in [0, 0.1) is 0 Å². The molecule has 0 bridgehead atoms. The third kappa shape index (κ3) is 6.45. The highest BCUT2D eigenvalue weighted by Gasteiger charge is 2.20. The molecule has 3 aromatic rings. The van der Waals surface area contributed by atoms with E-state index in [-0.39, 0.29) is 23.5 Å². The standard InChI is InChI=1S/C24H26N4O4S/c1-5-14-28-23(17(3)32-21-12-10-20(31-4)11-13-21)26-27-24(28)33-15-22(30)25-19-8-6-18(7-9-19)16(2)29/h5-13,17H,1,14-15H2,2-4H3,(H,25,30). The number of carbonyl (C=O) groups is 2. The molecule has 172 valence electrons. The van der Waals surface area contributed by atoms with Gasteiger partial charge in [0.05, 0.1) is 12.9 Å². The SMILES string of the molecule is C=CCn1c(SCC(=O)Nc2ccc(C(C)=O)cc2)nnc1C(C)Oc1ccc(OC)cc1. The van der Waals surface area contributed by atoms with Gasteiger partial charge in [0.1, 0.15) is 11.5 Å². The van der Waals surface area contributed by atoms with Crippen LogP contribution in [0.25, 0.3) is 0 Å². The quantitative estimate of drug-likeness (QED) is 0.252. The number of hydrogen-bond donors (Lipinski definition) is 1. The zero-order valence-corrected chi connectivity index (χ0v) is 19.6. The Labute approximate surface area is 197 Å². The van der Waals surface area contributed by atoms with E-state index in [0.29, 0.717) is 34.5 Å². The summed E-state index contributed by atoms with van der Waals surface area (Å²) in [6, 6.07) is 14.1. The zero-order chi connectivity index (χ0) is 23.8. The Morgan fingerprint density at radius 3 is 2.39 bits per heavy atom. The largest absolute Gasteiger partial charge is 0.497 e. The number of aromatic nitrogens is 3. The first-order chi connectivity index (χ1) is 15.9. The van der Waals surface area contributed by atoms with Crippen LogP contribution in [-0.2, 0) is 11.3 Å². The molecule has 1 N–H and O–H groups in total. The average Bonchev–Trinajstić information content (AvgIpc) is 3.21. The van der Waals surface area contributed by atoms with Crippen LogP contribution in [0.2, 0.25) is 0 Å². The molecule has 0 spiro atoms. The van der Waals surface area contributed by atoms with Crippen molar-refractivity contribution >= 4 is 29.1 Å². The Kier molecular flexibility index (Phi) is 8.26. The Balaban J connectivity index is 1.63. The van der Waals surface area contributed by atoms with E-state index in [1.807, 2.05) is 35.8 Å². The Hall–Kier alpha value is -3.59. The molecule has 1 unspecified atom stereocenters. The van der Waals surface area contributed by atoms with Crippen LogP contribution in [0.3, 0.4) is 0 Å². The maximum absolute atomic E-state index is 12.4. The summed E-state index contributed by atoms with van der Waals surface area (Å²) >= 11 is 1.28. The Morgan fingerprint density at radius 1 is 1.12 bits per heavy atom. The fraction of sp³-hybridized carbons (Fsp3) is 0.250. The fourth-order valence-electron chi connectivity index (χ4n) is 3.03. The molecule has 33 heavy (non-hydrogen) atoms. The van der Waals surface area contributed by atoms with Crippen molar-refractivity contribution < 1.29 is 19.1 Å². The Bertz CT molecular complexity index is 1110. The van der Waals surface area contributed by atoms with Crippen molar-refractivity contribution in [3.05, 3.63) is 72.6 Å². The summed E-state index contributed by atoms with van der Waals surface area (Å²) in [4.78, 5) is 23.8. The van der Waals surface area contributed by atoms with Gasteiger partial charge in [-0.15, -0.1) is 16.8 Å². The van der Waals surface area contributed by atoms with Gasteiger partial charge in [0.15, 0.2) is 22.9 Å². The zero-order valence-electron chi connectivity index (χ0n) is 18.8. The summed E-state index contributed by atoms with van der Waals surface area (Å²) < 4.78 is 13.1. The molecule has 8 nitrogen and oxygen atoms in total. The van der Waals surface area contributed by atoms with Crippen molar-refractivity contribution in [3.63, 3.8) is 0 Å². The van der Waals surface area contributed by atoms with Crippen LogP contribution in [0.5, 0.6) is 11.5 Å². The van der Waals surface area contributed by atoms with Gasteiger partial charge in [-0.3, -0.25) is 14.2 Å². The van der Waals surface area contributed by atoms with Crippen molar-refractivity contribution in [2.45, 2.75) is 31.7 Å². The number of anilines is 1. The van der Waals surface area contributed by atoms with E-state index in [2.05, 4.69) is 22.1 Å². The van der Waals surface area contributed by atoms with E-state index in [4.69, 9.17) is 9.47 Å². The number of benzene rings is 2. The fourth-order valence-corrected chi connectivity index (χ4v) is 3.79. The van der Waals surface area contributed by atoms with Gasteiger partial charge < -0.3 is 14.8 Å². The van der Waals surface area contributed by atoms with Gasteiger partial charge >= 0.3 is 0 Å². The first kappa shape index (κ1) is 24.1. The second-order valence-electron chi connectivity index (χ2n) is 7.15. The molecular weight excluding hydrogens is 440 g/mol. The van der Waals surface area contributed by atoms with Gasteiger partial charge in [-0.1, -0.05) is 17.8 Å². The summed E-state index contributed by atoms with van der Waals surface area (Å²) in [6.07, 6.45) is 1.38. The number of Topliss-reactive ketones (excluding diaryl/α,β-unsaturated/α-hetero) is 1. The third-order valence-corrected chi connectivity index (χ3v) is 5.67. The predicted molar refractivity (Wildman–Crippen MR) is 128 cm³/mol. The number of thioether (sulfide) groups is 1. The summed E-state index contributed by atoms with van der Waals surface area (Å²) in [5.41, 5.74) is 1.22. The lowest BCUT2D eigenvalue weighted by Gasteiger charge is -2.16.